The lowest BCUT2D eigenvalue weighted by atomic mass is 10.0. The van der Waals surface area contributed by atoms with Crippen LogP contribution in [-0.4, -0.2) is 50.1 Å². The van der Waals surface area contributed by atoms with E-state index in [2.05, 4.69) is 69.2 Å². The van der Waals surface area contributed by atoms with Crippen LogP contribution in [0.1, 0.15) is 41.0 Å². The molecule has 4 heteroatoms. The summed E-state index contributed by atoms with van der Waals surface area (Å²) in [6, 6.07) is 0.915. The summed E-state index contributed by atoms with van der Waals surface area (Å²) in [7, 11) is 4.26. The van der Waals surface area contributed by atoms with Crippen molar-refractivity contribution in [3.8, 4) is 0 Å². The SMILES string of the molecule is CCNC(=NCC(CC(C)C)N(C)C)NC(C)C. The van der Waals surface area contributed by atoms with Crippen molar-refractivity contribution < 1.29 is 0 Å². The lowest BCUT2D eigenvalue weighted by Gasteiger charge is -2.25. The third-order valence-corrected chi connectivity index (χ3v) is 2.70. The van der Waals surface area contributed by atoms with Crippen molar-refractivity contribution in [1.29, 1.82) is 0 Å². The third-order valence-electron chi connectivity index (χ3n) is 2.70. The summed E-state index contributed by atoms with van der Waals surface area (Å²) in [5, 5.41) is 6.63. The summed E-state index contributed by atoms with van der Waals surface area (Å²) in [4.78, 5) is 6.95. The third kappa shape index (κ3) is 8.34. The summed E-state index contributed by atoms with van der Waals surface area (Å²) in [5.74, 6) is 1.62. The first kappa shape index (κ1) is 17.2. The van der Waals surface area contributed by atoms with Crippen molar-refractivity contribution in [1.82, 2.24) is 15.5 Å². The van der Waals surface area contributed by atoms with Gasteiger partial charge in [-0.05, 0) is 47.2 Å². The molecule has 0 saturated heterocycles. The fourth-order valence-corrected chi connectivity index (χ4v) is 1.78. The summed E-state index contributed by atoms with van der Waals surface area (Å²) in [6.07, 6.45) is 1.18. The maximum Gasteiger partial charge on any atom is 0.191 e. The molecule has 2 N–H and O–H groups in total. The Balaban J connectivity index is 4.47. The van der Waals surface area contributed by atoms with Crippen molar-refractivity contribution in [3.63, 3.8) is 0 Å². The topological polar surface area (TPSA) is 39.7 Å². The lowest BCUT2D eigenvalue weighted by Crippen LogP contribution is -2.42. The highest BCUT2D eigenvalue weighted by Gasteiger charge is 2.13. The number of aliphatic imine (C=N–C) groups is 1. The van der Waals surface area contributed by atoms with Crippen molar-refractivity contribution in [2.75, 3.05) is 27.2 Å². The van der Waals surface area contributed by atoms with Gasteiger partial charge in [0.1, 0.15) is 0 Å². The fraction of sp³-hybridized carbons (Fsp3) is 0.929. The van der Waals surface area contributed by atoms with Gasteiger partial charge >= 0.3 is 0 Å². The van der Waals surface area contributed by atoms with Gasteiger partial charge in [0.25, 0.3) is 0 Å². The standard InChI is InChI=1S/C14H32N4/c1-8-15-14(17-12(4)5)16-10-13(18(6)7)9-11(2)3/h11-13H,8-10H2,1-7H3,(H2,15,16,17). The van der Waals surface area contributed by atoms with E-state index in [1.165, 1.54) is 6.42 Å². The Labute approximate surface area is 113 Å². The molecule has 0 aromatic heterocycles. The number of nitrogens with one attached hydrogen (secondary N) is 2. The molecule has 18 heavy (non-hydrogen) atoms. The molecular weight excluding hydrogens is 224 g/mol. The van der Waals surface area contributed by atoms with Gasteiger partial charge in [-0.15, -0.1) is 0 Å². The maximum absolute atomic E-state index is 4.68. The van der Waals surface area contributed by atoms with E-state index in [0.717, 1.165) is 19.0 Å². The number of guanidine groups is 1. The largest absolute Gasteiger partial charge is 0.357 e. The molecule has 1 unspecified atom stereocenters. The molecule has 4 nitrogen and oxygen atoms in total. The highest BCUT2D eigenvalue weighted by Crippen LogP contribution is 2.09. The summed E-state index contributed by atoms with van der Waals surface area (Å²) >= 11 is 0. The minimum absolute atomic E-state index is 0.408. The minimum Gasteiger partial charge on any atom is -0.357 e. The van der Waals surface area contributed by atoms with E-state index >= 15 is 0 Å². The van der Waals surface area contributed by atoms with Gasteiger partial charge in [-0.1, -0.05) is 13.8 Å². The van der Waals surface area contributed by atoms with E-state index in [9.17, 15) is 0 Å². The molecule has 0 radical (unpaired) electrons. The van der Waals surface area contributed by atoms with Gasteiger partial charge in [0.15, 0.2) is 5.96 Å². The highest BCUT2D eigenvalue weighted by molar-refractivity contribution is 5.79. The molecule has 0 aliphatic rings. The number of rotatable bonds is 7. The molecule has 0 aromatic carbocycles. The zero-order chi connectivity index (χ0) is 14.1. The summed E-state index contributed by atoms with van der Waals surface area (Å²) < 4.78 is 0. The fourth-order valence-electron chi connectivity index (χ4n) is 1.78. The summed E-state index contributed by atoms with van der Waals surface area (Å²) in [6.45, 7) is 12.6. The van der Waals surface area contributed by atoms with E-state index < -0.39 is 0 Å². The zero-order valence-corrected chi connectivity index (χ0v) is 13.2. The van der Waals surface area contributed by atoms with E-state index in [1.807, 2.05) is 0 Å². The molecule has 0 heterocycles. The number of hydrogen-bond acceptors (Lipinski definition) is 2. The predicted molar refractivity (Wildman–Crippen MR) is 81.2 cm³/mol. The first-order valence-corrected chi connectivity index (χ1v) is 7.08. The van der Waals surface area contributed by atoms with Crippen molar-refractivity contribution in [2.45, 2.75) is 53.1 Å². The molecule has 0 aliphatic carbocycles. The van der Waals surface area contributed by atoms with Crippen LogP contribution < -0.4 is 10.6 Å². The molecule has 0 aromatic rings. The first-order valence-electron chi connectivity index (χ1n) is 7.08. The molecular formula is C14H32N4. The Morgan fingerprint density at radius 2 is 1.78 bits per heavy atom. The predicted octanol–water partition coefficient (Wildman–Crippen LogP) is 1.93. The Morgan fingerprint density at radius 1 is 1.17 bits per heavy atom. The van der Waals surface area contributed by atoms with Gasteiger partial charge < -0.3 is 15.5 Å². The second-order valence-electron chi connectivity index (χ2n) is 5.77. The monoisotopic (exact) mass is 256 g/mol. The van der Waals surface area contributed by atoms with Crippen LogP contribution in [0.15, 0.2) is 4.99 Å². The molecule has 108 valence electrons. The van der Waals surface area contributed by atoms with E-state index in [4.69, 9.17) is 0 Å². The molecule has 0 aliphatic heterocycles. The smallest absolute Gasteiger partial charge is 0.191 e. The van der Waals surface area contributed by atoms with Gasteiger partial charge in [-0.25, -0.2) is 0 Å². The number of likely N-dealkylation sites (N-methyl/N-ethyl adjacent to an activating group) is 1. The van der Waals surface area contributed by atoms with Gasteiger partial charge in [0.05, 0.1) is 6.54 Å². The van der Waals surface area contributed by atoms with Crippen LogP contribution in [0, 0.1) is 5.92 Å². The van der Waals surface area contributed by atoms with E-state index in [0.29, 0.717) is 18.0 Å². The molecule has 0 rings (SSSR count). The Bertz CT molecular complexity index is 234. The Kier molecular flexibility index (Phi) is 8.81. The quantitative estimate of drug-likeness (QED) is 0.540. The highest BCUT2D eigenvalue weighted by atomic mass is 15.2. The molecule has 0 spiro atoms. The van der Waals surface area contributed by atoms with Gasteiger partial charge in [0, 0.05) is 18.6 Å². The molecule has 0 saturated carbocycles. The lowest BCUT2D eigenvalue weighted by molar-refractivity contribution is 0.261. The molecule has 0 amide bonds. The normalized spacial score (nSPS) is 14.4. The van der Waals surface area contributed by atoms with E-state index in [1.54, 1.807) is 0 Å². The van der Waals surface area contributed by atoms with Crippen LogP contribution in [0.25, 0.3) is 0 Å². The Morgan fingerprint density at radius 3 is 2.17 bits per heavy atom. The van der Waals surface area contributed by atoms with Crippen molar-refractivity contribution in [3.05, 3.63) is 0 Å². The minimum atomic E-state index is 0.408. The number of nitrogens with zero attached hydrogens (tertiary/aromatic N) is 2. The average molecular weight is 256 g/mol. The second kappa shape index (κ2) is 9.20. The van der Waals surface area contributed by atoms with Crippen LogP contribution in [0.5, 0.6) is 0 Å². The zero-order valence-electron chi connectivity index (χ0n) is 13.2. The molecule has 1 atom stereocenters. The van der Waals surface area contributed by atoms with Gasteiger partial charge in [-0.3, -0.25) is 4.99 Å². The average Bonchev–Trinajstić information content (AvgIpc) is 2.22. The van der Waals surface area contributed by atoms with E-state index in [-0.39, 0.29) is 0 Å². The van der Waals surface area contributed by atoms with Crippen LogP contribution in [0.3, 0.4) is 0 Å². The summed E-state index contributed by atoms with van der Waals surface area (Å²) in [5.41, 5.74) is 0. The van der Waals surface area contributed by atoms with Gasteiger partial charge in [0.2, 0.25) is 0 Å². The van der Waals surface area contributed by atoms with Crippen molar-refractivity contribution >= 4 is 5.96 Å². The molecule has 0 fully saturated rings. The molecule has 0 bridgehead atoms. The first-order chi connectivity index (χ1) is 8.36. The van der Waals surface area contributed by atoms with Crippen LogP contribution in [0.2, 0.25) is 0 Å². The number of hydrogen-bond donors (Lipinski definition) is 2. The maximum atomic E-state index is 4.68. The Hall–Kier alpha value is -0.770. The second-order valence-corrected chi connectivity index (χ2v) is 5.77. The van der Waals surface area contributed by atoms with Crippen molar-refractivity contribution in [2.24, 2.45) is 10.9 Å². The van der Waals surface area contributed by atoms with Gasteiger partial charge in [-0.2, -0.15) is 0 Å². The van der Waals surface area contributed by atoms with Crippen LogP contribution in [-0.2, 0) is 0 Å². The van der Waals surface area contributed by atoms with Crippen LogP contribution in [0.4, 0.5) is 0 Å². The van der Waals surface area contributed by atoms with Crippen LogP contribution >= 0.6 is 0 Å².